The van der Waals surface area contributed by atoms with Crippen molar-refractivity contribution in [3.05, 3.63) is 78.4 Å². The number of thiazole rings is 1. The predicted molar refractivity (Wildman–Crippen MR) is 134 cm³/mol. The summed E-state index contributed by atoms with van der Waals surface area (Å²) in [6.07, 6.45) is 0. The lowest BCUT2D eigenvalue weighted by molar-refractivity contribution is -0.147. The monoisotopic (exact) mass is 489 g/mol. The Hall–Kier alpha value is -4.24. The minimum absolute atomic E-state index is 0.232. The topological polar surface area (TPSA) is 107 Å². The minimum atomic E-state index is -0.727. The number of rotatable bonds is 9. The van der Waals surface area contributed by atoms with Crippen LogP contribution in [0.5, 0.6) is 5.75 Å². The third kappa shape index (κ3) is 6.87. The van der Waals surface area contributed by atoms with Crippen LogP contribution in [0, 0.1) is 6.92 Å². The number of para-hydroxylation sites is 1. The standard InChI is InChI=1S/C26H23N3O5S/c1-17-7-12-21-22(13-17)35-26(29-21)18-8-10-19(11-9-18)28-24(31)16-34-25(32)14-27-23(30)15-33-20-5-3-2-4-6-20/h2-13H,14-16H2,1H3,(H,27,30)(H,28,31). The SMILES string of the molecule is Cc1ccc2nc(-c3ccc(NC(=O)COC(=O)CNC(=O)COc4ccccc4)cc3)sc2c1. The van der Waals surface area contributed by atoms with Crippen molar-refractivity contribution < 1.29 is 23.9 Å². The Morgan fingerprint density at radius 3 is 2.46 bits per heavy atom. The highest BCUT2D eigenvalue weighted by molar-refractivity contribution is 7.21. The van der Waals surface area contributed by atoms with Crippen molar-refractivity contribution in [2.75, 3.05) is 25.1 Å². The molecule has 0 unspecified atom stereocenters. The molecule has 178 valence electrons. The molecule has 8 nitrogen and oxygen atoms in total. The fraction of sp³-hybridized carbons (Fsp3) is 0.154. The highest BCUT2D eigenvalue weighted by atomic mass is 32.1. The van der Waals surface area contributed by atoms with Crippen molar-refractivity contribution >= 4 is 45.0 Å². The average molecular weight is 490 g/mol. The number of esters is 1. The second-order valence-electron chi connectivity index (χ2n) is 7.65. The molecule has 0 aliphatic carbocycles. The van der Waals surface area contributed by atoms with Gasteiger partial charge in [-0.2, -0.15) is 0 Å². The molecule has 4 aromatic rings. The Balaban J connectivity index is 1.19. The lowest BCUT2D eigenvalue weighted by Crippen LogP contribution is -2.35. The van der Waals surface area contributed by atoms with E-state index in [1.54, 1.807) is 47.7 Å². The van der Waals surface area contributed by atoms with Gasteiger partial charge in [0.25, 0.3) is 11.8 Å². The average Bonchev–Trinajstić information content (AvgIpc) is 3.29. The Kier molecular flexibility index (Phi) is 7.69. The summed E-state index contributed by atoms with van der Waals surface area (Å²) in [5.74, 6) is -1.14. The Morgan fingerprint density at radius 2 is 1.69 bits per heavy atom. The number of carbonyl (C=O) groups is 3. The fourth-order valence-electron chi connectivity index (χ4n) is 3.13. The molecule has 0 spiro atoms. The summed E-state index contributed by atoms with van der Waals surface area (Å²) in [7, 11) is 0. The van der Waals surface area contributed by atoms with Crippen LogP contribution in [0.2, 0.25) is 0 Å². The van der Waals surface area contributed by atoms with Gasteiger partial charge in [0.1, 0.15) is 17.3 Å². The Labute approximate surface area is 205 Å². The molecule has 1 heterocycles. The van der Waals surface area contributed by atoms with Gasteiger partial charge in [-0.15, -0.1) is 11.3 Å². The highest BCUT2D eigenvalue weighted by Crippen LogP contribution is 2.31. The first kappa shape index (κ1) is 23.9. The van der Waals surface area contributed by atoms with E-state index < -0.39 is 24.4 Å². The maximum Gasteiger partial charge on any atom is 0.325 e. The van der Waals surface area contributed by atoms with Crippen LogP contribution >= 0.6 is 11.3 Å². The number of benzene rings is 3. The number of anilines is 1. The number of aryl methyl sites for hydroxylation is 1. The number of carbonyl (C=O) groups excluding carboxylic acids is 3. The molecule has 35 heavy (non-hydrogen) atoms. The van der Waals surface area contributed by atoms with Crippen molar-refractivity contribution in [2.24, 2.45) is 0 Å². The number of amides is 2. The molecule has 1 aromatic heterocycles. The van der Waals surface area contributed by atoms with Gasteiger partial charge in [0, 0.05) is 11.3 Å². The van der Waals surface area contributed by atoms with Crippen molar-refractivity contribution in [3.63, 3.8) is 0 Å². The molecule has 0 atom stereocenters. The Bertz CT molecular complexity index is 1340. The summed E-state index contributed by atoms with van der Waals surface area (Å²) < 4.78 is 11.3. The van der Waals surface area contributed by atoms with Gasteiger partial charge in [-0.3, -0.25) is 14.4 Å². The largest absolute Gasteiger partial charge is 0.484 e. The van der Waals surface area contributed by atoms with Crippen LogP contribution in [0.3, 0.4) is 0 Å². The molecule has 2 amide bonds. The minimum Gasteiger partial charge on any atom is -0.484 e. The smallest absolute Gasteiger partial charge is 0.325 e. The summed E-state index contributed by atoms with van der Waals surface area (Å²) in [5.41, 5.74) is 3.65. The molecule has 2 N–H and O–H groups in total. The molecule has 0 saturated heterocycles. The van der Waals surface area contributed by atoms with Crippen LogP contribution in [0.1, 0.15) is 5.56 Å². The third-order valence-corrected chi connectivity index (χ3v) is 5.93. The molecule has 9 heteroatoms. The van der Waals surface area contributed by atoms with Crippen molar-refractivity contribution in [1.82, 2.24) is 10.3 Å². The quantitative estimate of drug-likeness (QED) is 0.345. The van der Waals surface area contributed by atoms with E-state index in [9.17, 15) is 14.4 Å². The van der Waals surface area contributed by atoms with E-state index >= 15 is 0 Å². The van der Waals surface area contributed by atoms with E-state index in [2.05, 4.69) is 21.7 Å². The van der Waals surface area contributed by atoms with Gasteiger partial charge >= 0.3 is 5.97 Å². The predicted octanol–water partition coefficient (Wildman–Crippen LogP) is 3.95. The van der Waals surface area contributed by atoms with Gasteiger partial charge in [-0.25, -0.2) is 4.98 Å². The fourth-order valence-corrected chi connectivity index (χ4v) is 4.20. The number of nitrogens with zero attached hydrogens (tertiary/aromatic N) is 1. The summed E-state index contributed by atoms with van der Waals surface area (Å²) in [5, 5.41) is 5.96. The van der Waals surface area contributed by atoms with Gasteiger partial charge in [0.15, 0.2) is 13.2 Å². The van der Waals surface area contributed by atoms with E-state index in [0.29, 0.717) is 11.4 Å². The van der Waals surface area contributed by atoms with Gasteiger partial charge in [-0.1, -0.05) is 24.3 Å². The van der Waals surface area contributed by atoms with E-state index in [-0.39, 0.29) is 13.2 Å². The zero-order valence-corrected chi connectivity index (χ0v) is 19.8. The van der Waals surface area contributed by atoms with Crippen LogP contribution in [0.15, 0.2) is 72.8 Å². The maximum absolute atomic E-state index is 12.1. The second-order valence-corrected chi connectivity index (χ2v) is 8.69. The summed E-state index contributed by atoms with van der Waals surface area (Å²) in [6.45, 7) is 0.991. The molecular formula is C26H23N3O5S. The molecule has 4 rings (SSSR count). The zero-order chi connectivity index (χ0) is 24.6. The molecule has 0 aliphatic heterocycles. The molecule has 0 saturated carbocycles. The number of hydrogen-bond acceptors (Lipinski definition) is 7. The molecule has 0 bridgehead atoms. The second kappa shape index (κ2) is 11.3. The first-order valence-electron chi connectivity index (χ1n) is 10.8. The van der Waals surface area contributed by atoms with Gasteiger partial charge in [0.2, 0.25) is 0 Å². The van der Waals surface area contributed by atoms with Crippen molar-refractivity contribution in [3.8, 4) is 16.3 Å². The van der Waals surface area contributed by atoms with E-state index in [4.69, 9.17) is 9.47 Å². The van der Waals surface area contributed by atoms with Crippen molar-refractivity contribution in [1.29, 1.82) is 0 Å². The first-order valence-corrected chi connectivity index (χ1v) is 11.7. The summed E-state index contributed by atoms with van der Waals surface area (Å²) in [6, 6.07) is 22.3. The summed E-state index contributed by atoms with van der Waals surface area (Å²) >= 11 is 1.61. The van der Waals surface area contributed by atoms with Crippen LogP contribution in [-0.4, -0.2) is 42.5 Å². The van der Waals surface area contributed by atoms with Crippen LogP contribution in [0.4, 0.5) is 5.69 Å². The van der Waals surface area contributed by atoms with Crippen LogP contribution in [0.25, 0.3) is 20.8 Å². The van der Waals surface area contributed by atoms with Gasteiger partial charge in [-0.05, 0) is 61.0 Å². The van der Waals surface area contributed by atoms with Crippen molar-refractivity contribution in [2.45, 2.75) is 6.92 Å². The lowest BCUT2D eigenvalue weighted by atomic mass is 10.2. The van der Waals surface area contributed by atoms with E-state index in [1.165, 1.54) is 5.56 Å². The number of ether oxygens (including phenoxy) is 2. The molecule has 3 aromatic carbocycles. The third-order valence-electron chi connectivity index (χ3n) is 4.87. The molecule has 0 aliphatic rings. The van der Waals surface area contributed by atoms with E-state index in [1.807, 2.05) is 37.3 Å². The number of nitrogens with one attached hydrogen (secondary N) is 2. The summed E-state index contributed by atoms with van der Waals surface area (Å²) in [4.78, 5) is 40.3. The Morgan fingerprint density at radius 1 is 0.914 bits per heavy atom. The maximum atomic E-state index is 12.1. The van der Waals surface area contributed by atoms with Gasteiger partial charge < -0.3 is 20.1 Å². The highest BCUT2D eigenvalue weighted by Gasteiger charge is 2.11. The first-order chi connectivity index (χ1) is 17.0. The van der Waals surface area contributed by atoms with E-state index in [0.717, 1.165) is 20.8 Å². The molecule has 0 fully saturated rings. The zero-order valence-electron chi connectivity index (χ0n) is 18.9. The number of hydrogen-bond donors (Lipinski definition) is 2. The lowest BCUT2D eigenvalue weighted by Gasteiger charge is -2.09. The molecule has 0 radical (unpaired) electrons. The molecular weight excluding hydrogens is 466 g/mol. The van der Waals surface area contributed by atoms with Gasteiger partial charge in [0.05, 0.1) is 10.2 Å². The number of aromatic nitrogens is 1. The van der Waals surface area contributed by atoms with Crippen LogP contribution in [-0.2, 0) is 19.1 Å². The van der Waals surface area contributed by atoms with Crippen LogP contribution < -0.4 is 15.4 Å². The number of fused-ring (bicyclic) bond motifs is 1. The normalized spacial score (nSPS) is 10.5.